The summed E-state index contributed by atoms with van der Waals surface area (Å²) in [7, 11) is 0. The van der Waals surface area contributed by atoms with Crippen LogP contribution >= 0.6 is 0 Å². The van der Waals surface area contributed by atoms with Crippen molar-refractivity contribution in [1.29, 1.82) is 0 Å². The van der Waals surface area contributed by atoms with E-state index in [1.165, 1.54) is 24.3 Å². The summed E-state index contributed by atoms with van der Waals surface area (Å²) < 4.78 is 92.9. The van der Waals surface area contributed by atoms with Crippen molar-refractivity contribution in [3.05, 3.63) is 48.5 Å². The van der Waals surface area contributed by atoms with Gasteiger partial charge in [0.15, 0.2) is 13.2 Å². The third-order valence-electron chi connectivity index (χ3n) is 8.96. The Bertz CT molecular complexity index is 1370. The number of carbonyl (C=O) groups excluding carboxylic acids is 2. The van der Waals surface area contributed by atoms with Gasteiger partial charge in [0.05, 0.1) is 38.4 Å². The molecule has 6 heterocycles. The van der Waals surface area contributed by atoms with E-state index in [9.17, 15) is 35.9 Å². The van der Waals surface area contributed by atoms with E-state index in [0.717, 1.165) is 26.1 Å². The highest BCUT2D eigenvalue weighted by atomic mass is 19.4. The lowest BCUT2D eigenvalue weighted by Crippen LogP contribution is -2.34. The number of carbonyl (C=O) groups is 2. The summed E-state index contributed by atoms with van der Waals surface area (Å²) in [6.07, 6.45) is -7.03. The Kier molecular flexibility index (Phi) is 7.23. The molecule has 0 saturated carbocycles. The van der Waals surface area contributed by atoms with Gasteiger partial charge in [-0.1, -0.05) is 0 Å². The molecule has 46 heavy (non-hydrogen) atoms. The van der Waals surface area contributed by atoms with Crippen LogP contribution in [-0.4, -0.2) is 110 Å². The van der Waals surface area contributed by atoms with Gasteiger partial charge >= 0.3 is 24.4 Å². The van der Waals surface area contributed by atoms with E-state index in [2.05, 4.69) is 9.47 Å². The lowest BCUT2D eigenvalue weighted by atomic mass is 10.1. The topological polar surface area (TPSA) is 90.6 Å². The van der Waals surface area contributed by atoms with Crippen molar-refractivity contribution in [1.82, 2.24) is 9.80 Å². The number of rotatable bonds is 6. The largest absolute Gasteiger partial charge is 0.484 e. The smallest absolute Gasteiger partial charge is 0.422 e. The zero-order valence-corrected chi connectivity index (χ0v) is 24.4. The van der Waals surface area contributed by atoms with E-state index < -0.39 is 25.6 Å². The van der Waals surface area contributed by atoms with E-state index in [4.69, 9.17) is 9.47 Å². The lowest BCUT2D eigenvalue weighted by Gasteiger charge is -2.18. The van der Waals surface area contributed by atoms with E-state index in [1.807, 2.05) is 9.80 Å². The fourth-order valence-electron chi connectivity index (χ4n) is 6.58. The Morgan fingerprint density at radius 2 is 1.00 bits per heavy atom. The number of alkyl halides is 6. The van der Waals surface area contributed by atoms with Gasteiger partial charge < -0.3 is 28.7 Å². The summed E-state index contributed by atoms with van der Waals surface area (Å²) in [6, 6.07) is 12.4. The van der Waals surface area contributed by atoms with Crippen LogP contribution in [0.5, 0.6) is 11.5 Å². The zero-order chi connectivity index (χ0) is 32.5. The first-order chi connectivity index (χ1) is 21.7. The lowest BCUT2D eigenvalue weighted by molar-refractivity contribution is -0.154. The first-order valence-electron chi connectivity index (χ1n) is 14.7. The van der Waals surface area contributed by atoms with Gasteiger partial charge in [-0.3, -0.25) is 9.80 Å². The van der Waals surface area contributed by atoms with Crippen LogP contribution in [0, 0.1) is 0 Å². The quantitative estimate of drug-likeness (QED) is 0.327. The standard InChI is InChI=1S/2C15H15F3N2O3/c2*16-15(17,18)9-22-12-3-1-10(2-4-12)19-6-11-5-14(8-23-14)7-20(11)13(19)21/h2*1-4,11H,5-9H2/t11-,14?;11-,14+/m00/s1. The van der Waals surface area contributed by atoms with Crippen molar-refractivity contribution in [2.24, 2.45) is 0 Å². The van der Waals surface area contributed by atoms with Gasteiger partial charge in [-0.15, -0.1) is 0 Å². The number of anilines is 2. The molecule has 6 saturated heterocycles. The van der Waals surface area contributed by atoms with Crippen LogP contribution in [-0.2, 0) is 9.47 Å². The van der Waals surface area contributed by atoms with E-state index in [-0.39, 0.29) is 46.8 Å². The average Bonchev–Trinajstić information content (AvgIpc) is 3.78. The van der Waals surface area contributed by atoms with Gasteiger partial charge in [0, 0.05) is 37.3 Å². The van der Waals surface area contributed by atoms with Gasteiger partial charge in [0.2, 0.25) is 0 Å². The number of epoxide rings is 2. The first kappa shape index (κ1) is 30.7. The normalized spacial score (nSPS) is 29.3. The molecular weight excluding hydrogens is 626 g/mol. The number of urea groups is 2. The molecule has 0 aromatic heterocycles. The van der Waals surface area contributed by atoms with Gasteiger partial charge in [-0.25, -0.2) is 9.59 Å². The number of halogens is 6. The second-order valence-corrected chi connectivity index (χ2v) is 12.5. The van der Waals surface area contributed by atoms with Crippen LogP contribution < -0.4 is 19.3 Å². The Morgan fingerprint density at radius 3 is 1.28 bits per heavy atom. The number of nitrogens with zero attached hydrogens (tertiary/aromatic N) is 4. The molecule has 8 rings (SSSR count). The Morgan fingerprint density at radius 1 is 0.652 bits per heavy atom. The predicted molar refractivity (Wildman–Crippen MR) is 149 cm³/mol. The maximum atomic E-state index is 12.5. The second-order valence-electron chi connectivity index (χ2n) is 12.5. The highest BCUT2D eigenvalue weighted by molar-refractivity contribution is 5.96. The minimum absolute atomic E-state index is 0.0775. The fourth-order valence-corrected chi connectivity index (χ4v) is 6.58. The third-order valence-corrected chi connectivity index (χ3v) is 8.96. The van der Waals surface area contributed by atoms with E-state index in [0.29, 0.717) is 37.6 Å². The summed E-state index contributed by atoms with van der Waals surface area (Å²) in [4.78, 5) is 31.9. The van der Waals surface area contributed by atoms with Crippen LogP contribution in [0.1, 0.15) is 12.8 Å². The molecule has 248 valence electrons. The van der Waals surface area contributed by atoms with Gasteiger partial charge in [-0.2, -0.15) is 26.3 Å². The number of ether oxygens (including phenoxy) is 4. The van der Waals surface area contributed by atoms with Crippen molar-refractivity contribution >= 4 is 23.4 Å². The summed E-state index contributed by atoms with van der Waals surface area (Å²) in [5.74, 6) is 0.257. The molecule has 16 heteroatoms. The van der Waals surface area contributed by atoms with Crippen molar-refractivity contribution in [2.45, 2.75) is 48.5 Å². The number of benzene rings is 2. The summed E-state index contributed by atoms with van der Waals surface area (Å²) in [6.45, 7) is 1.19. The first-order valence-corrected chi connectivity index (χ1v) is 14.7. The molecule has 0 radical (unpaired) electrons. The van der Waals surface area contributed by atoms with Crippen molar-refractivity contribution in [3.8, 4) is 11.5 Å². The molecule has 2 spiro atoms. The molecular formula is C30H30F6N4O6. The number of fused-ring (bicyclic) bond motifs is 2. The summed E-state index contributed by atoms with van der Waals surface area (Å²) in [5, 5.41) is 0. The number of hydrogen-bond acceptors (Lipinski definition) is 6. The monoisotopic (exact) mass is 656 g/mol. The minimum atomic E-state index is -4.37. The van der Waals surface area contributed by atoms with Crippen molar-refractivity contribution in [2.75, 3.05) is 62.4 Å². The van der Waals surface area contributed by atoms with E-state index >= 15 is 0 Å². The van der Waals surface area contributed by atoms with Crippen LogP contribution in [0.2, 0.25) is 0 Å². The maximum Gasteiger partial charge on any atom is 0.422 e. The molecule has 0 bridgehead atoms. The molecule has 4 atom stereocenters. The highest BCUT2D eigenvalue weighted by Gasteiger charge is 2.59. The predicted octanol–water partition coefficient (Wildman–Crippen LogP) is 4.82. The Hall–Kier alpha value is -3.92. The molecule has 6 fully saturated rings. The average molecular weight is 657 g/mol. The summed E-state index contributed by atoms with van der Waals surface area (Å²) in [5.41, 5.74) is 1.10. The van der Waals surface area contributed by atoms with Crippen LogP contribution in [0.3, 0.4) is 0 Å². The summed E-state index contributed by atoms with van der Waals surface area (Å²) >= 11 is 0. The van der Waals surface area contributed by atoms with Crippen molar-refractivity contribution < 1.29 is 54.9 Å². The van der Waals surface area contributed by atoms with Gasteiger partial charge in [0.25, 0.3) is 0 Å². The molecule has 1 unspecified atom stereocenters. The SMILES string of the molecule is O=C1N(c2ccc(OCC(F)(F)F)cc2)C[C@@H]2CC3(CO3)CN12.O=C1N(c2ccc(OCC(F)(F)F)cc2)C[C@@H]2C[C@]3(CO3)CN12. The third kappa shape index (κ3) is 6.36. The van der Waals surface area contributed by atoms with Gasteiger partial charge in [-0.05, 0) is 48.5 Å². The number of hydrogen-bond donors (Lipinski definition) is 0. The molecule has 4 amide bonds. The second kappa shape index (κ2) is 10.8. The highest BCUT2D eigenvalue weighted by Crippen LogP contribution is 2.45. The molecule has 6 aliphatic heterocycles. The molecule has 2 aromatic rings. The Labute approximate surface area is 259 Å². The molecule has 6 aliphatic rings. The minimum Gasteiger partial charge on any atom is -0.484 e. The molecule has 0 N–H and O–H groups in total. The molecule has 0 aliphatic carbocycles. The van der Waals surface area contributed by atoms with Gasteiger partial charge in [0.1, 0.15) is 22.7 Å². The zero-order valence-electron chi connectivity index (χ0n) is 24.4. The van der Waals surface area contributed by atoms with Crippen LogP contribution in [0.4, 0.5) is 47.3 Å². The van der Waals surface area contributed by atoms with Crippen molar-refractivity contribution in [3.63, 3.8) is 0 Å². The van der Waals surface area contributed by atoms with Crippen LogP contribution in [0.15, 0.2) is 48.5 Å². The number of amides is 4. The van der Waals surface area contributed by atoms with E-state index in [1.54, 1.807) is 34.1 Å². The maximum absolute atomic E-state index is 12.5. The van der Waals surface area contributed by atoms with Crippen LogP contribution in [0.25, 0.3) is 0 Å². The Balaban J connectivity index is 0.000000147. The molecule has 10 nitrogen and oxygen atoms in total. The molecule has 2 aromatic carbocycles. The fraction of sp³-hybridized carbons (Fsp3) is 0.533.